The number of amides is 3. The van der Waals surface area contributed by atoms with Crippen molar-refractivity contribution in [1.29, 1.82) is 0 Å². The first kappa shape index (κ1) is 22.0. The number of hydrogen-bond acceptors (Lipinski definition) is 5. The molecule has 6 rings (SSSR count). The van der Waals surface area contributed by atoms with E-state index >= 15 is 0 Å². The van der Waals surface area contributed by atoms with Gasteiger partial charge in [0.2, 0.25) is 6.79 Å². The number of benzene rings is 2. The molecule has 182 valence electrons. The van der Waals surface area contributed by atoms with Gasteiger partial charge in [-0.05, 0) is 43.7 Å². The van der Waals surface area contributed by atoms with Gasteiger partial charge in [-0.2, -0.15) is 0 Å². The summed E-state index contributed by atoms with van der Waals surface area (Å²) in [4.78, 5) is 43.2. The van der Waals surface area contributed by atoms with Crippen molar-refractivity contribution >= 4 is 28.6 Å². The van der Waals surface area contributed by atoms with E-state index in [0.717, 1.165) is 38.4 Å². The van der Waals surface area contributed by atoms with Gasteiger partial charge in [0.1, 0.15) is 6.04 Å². The molecular formula is C27H24N4O5. The van der Waals surface area contributed by atoms with E-state index in [2.05, 4.69) is 10.3 Å². The molecule has 36 heavy (non-hydrogen) atoms. The molecule has 2 aromatic carbocycles. The molecule has 1 saturated heterocycles. The van der Waals surface area contributed by atoms with Crippen LogP contribution in [0.25, 0.3) is 16.6 Å². The molecule has 1 unspecified atom stereocenters. The second kappa shape index (κ2) is 8.30. The number of carbonyl (C=O) groups is 3. The number of urea groups is 1. The molecule has 0 radical (unpaired) electrons. The SMILES string of the molecule is Cc1cc(C(=O)CN2C(=O)NC(Cc3c[nH]c4ccccc34)C2=O)c(C)n1-c1ccc2c(c1)OCO2. The Bertz CT molecular complexity index is 1550. The minimum Gasteiger partial charge on any atom is -0.454 e. The Morgan fingerprint density at radius 2 is 1.86 bits per heavy atom. The predicted molar refractivity (Wildman–Crippen MR) is 132 cm³/mol. The van der Waals surface area contributed by atoms with E-state index in [0.29, 0.717) is 23.5 Å². The number of fused-ring (bicyclic) bond motifs is 2. The molecule has 3 amide bonds. The number of rotatable bonds is 6. The third kappa shape index (κ3) is 3.51. The summed E-state index contributed by atoms with van der Waals surface area (Å²) < 4.78 is 12.8. The molecule has 0 spiro atoms. The number of para-hydroxylation sites is 1. The second-order valence-corrected chi connectivity index (χ2v) is 9.07. The van der Waals surface area contributed by atoms with Gasteiger partial charge in [0, 0.05) is 52.2 Å². The van der Waals surface area contributed by atoms with E-state index in [9.17, 15) is 14.4 Å². The van der Waals surface area contributed by atoms with E-state index in [1.807, 2.05) is 67.1 Å². The number of aromatic amines is 1. The van der Waals surface area contributed by atoms with Crippen LogP contribution in [0.5, 0.6) is 11.5 Å². The summed E-state index contributed by atoms with van der Waals surface area (Å²) in [5.41, 5.74) is 4.77. The number of ether oxygens (including phenoxy) is 2. The van der Waals surface area contributed by atoms with Crippen LogP contribution in [-0.2, 0) is 11.2 Å². The van der Waals surface area contributed by atoms with Crippen molar-refractivity contribution in [3.05, 3.63) is 77.2 Å². The largest absolute Gasteiger partial charge is 0.454 e. The summed E-state index contributed by atoms with van der Waals surface area (Å²) in [6.07, 6.45) is 2.20. The molecule has 0 bridgehead atoms. The molecule has 2 aliphatic rings. The first-order valence-corrected chi connectivity index (χ1v) is 11.7. The van der Waals surface area contributed by atoms with Gasteiger partial charge in [0.15, 0.2) is 17.3 Å². The molecule has 1 fully saturated rings. The molecule has 0 saturated carbocycles. The highest BCUT2D eigenvalue weighted by Gasteiger charge is 2.39. The third-order valence-electron chi connectivity index (χ3n) is 6.85. The quantitative estimate of drug-likeness (QED) is 0.321. The predicted octanol–water partition coefficient (Wildman–Crippen LogP) is 3.65. The lowest BCUT2D eigenvalue weighted by atomic mass is 10.0. The molecule has 9 heteroatoms. The van der Waals surface area contributed by atoms with Crippen molar-refractivity contribution < 1.29 is 23.9 Å². The van der Waals surface area contributed by atoms with Crippen LogP contribution >= 0.6 is 0 Å². The molecule has 1 atom stereocenters. The van der Waals surface area contributed by atoms with Crippen LogP contribution in [0.3, 0.4) is 0 Å². The summed E-state index contributed by atoms with van der Waals surface area (Å²) in [5.74, 6) is 0.626. The number of H-pyrrole nitrogens is 1. The lowest BCUT2D eigenvalue weighted by Gasteiger charge is -2.13. The van der Waals surface area contributed by atoms with E-state index in [-0.39, 0.29) is 19.1 Å². The zero-order valence-electron chi connectivity index (χ0n) is 19.8. The van der Waals surface area contributed by atoms with Gasteiger partial charge in [-0.25, -0.2) is 4.79 Å². The van der Waals surface area contributed by atoms with Crippen LogP contribution < -0.4 is 14.8 Å². The van der Waals surface area contributed by atoms with E-state index < -0.39 is 18.0 Å². The van der Waals surface area contributed by atoms with Crippen LogP contribution in [0, 0.1) is 13.8 Å². The zero-order chi connectivity index (χ0) is 25.0. The van der Waals surface area contributed by atoms with Crippen LogP contribution in [-0.4, -0.2) is 51.6 Å². The number of nitrogens with zero attached hydrogens (tertiary/aromatic N) is 2. The van der Waals surface area contributed by atoms with Gasteiger partial charge in [-0.3, -0.25) is 14.5 Å². The molecule has 4 aromatic rings. The Labute approximate surface area is 206 Å². The summed E-state index contributed by atoms with van der Waals surface area (Å²) >= 11 is 0. The van der Waals surface area contributed by atoms with E-state index in [1.165, 1.54) is 0 Å². The lowest BCUT2D eigenvalue weighted by molar-refractivity contribution is -0.127. The lowest BCUT2D eigenvalue weighted by Crippen LogP contribution is -2.36. The third-order valence-corrected chi connectivity index (χ3v) is 6.85. The minimum atomic E-state index is -0.717. The number of hydrogen-bond donors (Lipinski definition) is 2. The topological polar surface area (TPSA) is 106 Å². The fourth-order valence-corrected chi connectivity index (χ4v) is 5.08. The Balaban J connectivity index is 1.21. The first-order valence-electron chi connectivity index (χ1n) is 11.7. The van der Waals surface area contributed by atoms with Crippen molar-refractivity contribution in [2.75, 3.05) is 13.3 Å². The van der Waals surface area contributed by atoms with Gasteiger partial charge in [-0.15, -0.1) is 0 Å². The number of ketones is 1. The van der Waals surface area contributed by atoms with Crippen LogP contribution in [0.2, 0.25) is 0 Å². The number of nitrogens with one attached hydrogen (secondary N) is 2. The van der Waals surface area contributed by atoms with E-state index in [4.69, 9.17) is 9.47 Å². The van der Waals surface area contributed by atoms with Gasteiger partial charge in [0.05, 0.1) is 6.54 Å². The summed E-state index contributed by atoms with van der Waals surface area (Å²) in [5, 5.41) is 3.74. The molecule has 2 N–H and O–H groups in total. The summed E-state index contributed by atoms with van der Waals surface area (Å²) in [6.45, 7) is 3.61. The van der Waals surface area contributed by atoms with Crippen LogP contribution in [0.1, 0.15) is 27.3 Å². The maximum Gasteiger partial charge on any atom is 0.325 e. The molecule has 0 aliphatic carbocycles. The molecule has 2 aromatic heterocycles. The van der Waals surface area contributed by atoms with Gasteiger partial charge >= 0.3 is 6.03 Å². The van der Waals surface area contributed by atoms with Gasteiger partial charge < -0.3 is 24.3 Å². The maximum absolute atomic E-state index is 13.3. The van der Waals surface area contributed by atoms with Crippen molar-refractivity contribution in [3.8, 4) is 17.2 Å². The average molecular weight is 485 g/mol. The number of Topliss-reactive ketones (excluding diaryl/α,β-unsaturated/α-hetero) is 1. The maximum atomic E-state index is 13.3. The van der Waals surface area contributed by atoms with Crippen molar-refractivity contribution in [2.24, 2.45) is 0 Å². The first-order chi connectivity index (χ1) is 17.4. The summed E-state index contributed by atoms with van der Waals surface area (Å²) in [7, 11) is 0. The fourth-order valence-electron chi connectivity index (χ4n) is 5.08. The minimum absolute atomic E-state index is 0.180. The van der Waals surface area contributed by atoms with Crippen molar-refractivity contribution in [3.63, 3.8) is 0 Å². The Morgan fingerprint density at radius 3 is 2.72 bits per heavy atom. The van der Waals surface area contributed by atoms with Crippen molar-refractivity contribution in [1.82, 2.24) is 19.8 Å². The number of imide groups is 1. The monoisotopic (exact) mass is 484 g/mol. The number of aromatic nitrogens is 2. The Morgan fingerprint density at radius 1 is 1.06 bits per heavy atom. The Kier molecular flexibility index (Phi) is 5.06. The highest BCUT2D eigenvalue weighted by Crippen LogP contribution is 2.35. The highest BCUT2D eigenvalue weighted by molar-refractivity contribution is 6.09. The summed E-state index contributed by atoms with van der Waals surface area (Å²) in [6, 6.07) is 13.9. The van der Waals surface area contributed by atoms with Gasteiger partial charge in [0.25, 0.3) is 5.91 Å². The normalized spacial score (nSPS) is 16.7. The van der Waals surface area contributed by atoms with Crippen molar-refractivity contribution in [2.45, 2.75) is 26.3 Å². The number of aryl methyl sites for hydroxylation is 1. The van der Waals surface area contributed by atoms with E-state index in [1.54, 1.807) is 6.07 Å². The molecule has 2 aliphatic heterocycles. The Hall–Kier alpha value is -4.53. The fraction of sp³-hybridized carbons (Fsp3) is 0.222. The highest BCUT2D eigenvalue weighted by atomic mass is 16.7. The number of carbonyl (C=O) groups excluding carboxylic acids is 3. The molecule has 9 nitrogen and oxygen atoms in total. The standard InChI is InChI=1S/C27H24N4O5/c1-15-9-20(16(2)31(15)18-7-8-24-25(11-18)36-14-35-24)23(32)13-30-26(33)22(29-27(30)34)10-17-12-28-21-6-4-3-5-19(17)21/h3-9,11-12,22,28H,10,13-14H2,1-2H3,(H,29,34). The second-order valence-electron chi connectivity index (χ2n) is 9.07. The van der Waals surface area contributed by atoms with Crippen LogP contribution in [0.4, 0.5) is 4.79 Å². The van der Waals surface area contributed by atoms with Gasteiger partial charge in [-0.1, -0.05) is 18.2 Å². The zero-order valence-corrected chi connectivity index (χ0v) is 19.8. The molecule has 4 heterocycles. The molecular weight excluding hydrogens is 460 g/mol. The smallest absolute Gasteiger partial charge is 0.325 e. The average Bonchev–Trinajstić information content (AvgIpc) is 3.62. The van der Waals surface area contributed by atoms with Crippen LogP contribution in [0.15, 0.2) is 54.7 Å².